The Labute approximate surface area is 456 Å². The van der Waals surface area contributed by atoms with Crippen molar-refractivity contribution in [1.29, 1.82) is 0 Å². The van der Waals surface area contributed by atoms with E-state index in [4.69, 9.17) is 4.42 Å². The fourth-order valence-corrected chi connectivity index (χ4v) is 14.2. The van der Waals surface area contributed by atoms with Gasteiger partial charge >= 0.3 is 0 Å². The number of nitrogens with zero attached hydrogens (tertiary/aromatic N) is 3. The van der Waals surface area contributed by atoms with Crippen LogP contribution in [0.25, 0.3) is 64.4 Å². The van der Waals surface area contributed by atoms with Crippen molar-refractivity contribution in [2.75, 3.05) is 14.7 Å². The number of thiophene rings is 1. The molecule has 16 rings (SSSR count). The van der Waals surface area contributed by atoms with Crippen molar-refractivity contribution in [3.05, 3.63) is 307 Å². The Balaban J connectivity index is 0.934. The van der Waals surface area contributed by atoms with E-state index >= 15 is 0 Å². The van der Waals surface area contributed by atoms with E-state index in [1.807, 2.05) is 17.4 Å². The zero-order valence-corrected chi connectivity index (χ0v) is 43.1. The van der Waals surface area contributed by atoms with E-state index in [0.29, 0.717) is 0 Å². The fourth-order valence-electron chi connectivity index (χ4n) is 13.0. The lowest BCUT2D eigenvalue weighted by Crippen LogP contribution is -2.25. The number of furan rings is 1. The van der Waals surface area contributed by atoms with Crippen molar-refractivity contribution in [3.8, 4) is 22.3 Å². The number of benzene rings is 12. The summed E-state index contributed by atoms with van der Waals surface area (Å²) in [4.78, 5) is 7.24. The minimum Gasteiger partial charge on any atom is -0.454 e. The summed E-state index contributed by atoms with van der Waals surface area (Å²) in [7, 11) is 0. The van der Waals surface area contributed by atoms with Gasteiger partial charge in [0, 0.05) is 70.8 Å². The summed E-state index contributed by atoms with van der Waals surface area (Å²) in [6, 6.07) is 104. The Morgan fingerprint density at radius 2 is 0.756 bits per heavy atom. The van der Waals surface area contributed by atoms with E-state index in [-0.39, 0.29) is 0 Å². The summed E-state index contributed by atoms with van der Waals surface area (Å²) in [6.45, 7) is 0. The second-order valence-corrected chi connectivity index (χ2v) is 21.4. The first-order valence-corrected chi connectivity index (χ1v) is 27.5. The highest BCUT2D eigenvalue weighted by Crippen LogP contribution is 2.63. The molecule has 2 aliphatic carbocycles. The van der Waals surface area contributed by atoms with Gasteiger partial charge in [-0.25, -0.2) is 0 Å². The van der Waals surface area contributed by atoms with E-state index in [1.165, 1.54) is 64.7 Å². The highest BCUT2D eigenvalue weighted by molar-refractivity contribution is 7.26. The van der Waals surface area contributed by atoms with Crippen LogP contribution in [0.1, 0.15) is 22.3 Å². The molecular weight excluding hydrogens is 967 g/mol. The number of hydrogen-bond acceptors (Lipinski definition) is 5. The molecule has 2 aliphatic rings. The van der Waals surface area contributed by atoms with Crippen LogP contribution in [-0.2, 0) is 5.41 Å². The minimum absolute atomic E-state index is 0.420. The summed E-state index contributed by atoms with van der Waals surface area (Å²) >= 11 is 1.84. The second-order valence-electron chi connectivity index (χ2n) is 20.3. The first-order chi connectivity index (χ1) is 38.7. The van der Waals surface area contributed by atoms with Gasteiger partial charge in [-0.1, -0.05) is 182 Å². The number of para-hydroxylation sites is 6. The summed E-state index contributed by atoms with van der Waals surface area (Å²) in [6.07, 6.45) is 0. The Bertz CT molecular complexity index is 4560. The Morgan fingerprint density at radius 1 is 0.282 bits per heavy atom. The zero-order chi connectivity index (χ0) is 51.3. The molecule has 0 saturated heterocycles. The monoisotopic (exact) mass is 1010 g/mol. The van der Waals surface area contributed by atoms with Crippen molar-refractivity contribution < 1.29 is 4.42 Å². The maximum absolute atomic E-state index is 6.81. The second kappa shape index (κ2) is 17.6. The maximum Gasteiger partial charge on any atom is 0.159 e. The van der Waals surface area contributed by atoms with Gasteiger partial charge in [0.25, 0.3) is 0 Å². The fraction of sp³-hybridized carbons (Fsp3) is 0.0137. The Hall–Kier alpha value is -9.94. The van der Waals surface area contributed by atoms with Gasteiger partial charge in [-0.3, -0.25) is 0 Å². The first kappa shape index (κ1) is 44.4. The standard InChI is InChI=1S/C73H47N3OS/c1-5-22-48(23-6-1)74(52-40-42-65-60(44-52)57-32-15-19-37-64(57)73(65)62-35-17-13-30-55(62)56-31-14-18-36-63(56)73)53-41-43-69-61(45-53)71-67(75(49-24-7-2-8-25-49)50-26-9-3-10-27-50)46-54(47-70(71)78-69)76(51-28-11-4-12-29-51)66-38-21-34-59-58-33-16-20-39-68(58)77-72(59)66/h1-47H. The van der Waals surface area contributed by atoms with Gasteiger partial charge in [0.2, 0.25) is 0 Å². The van der Waals surface area contributed by atoms with E-state index in [0.717, 1.165) is 73.1 Å². The lowest BCUT2D eigenvalue weighted by Gasteiger charge is -2.31. The highest BCUT2D eigenvalue weighted by atomic mass is 32.1. The van der Waals surface area contributed by atoms with Gasteiger partial charge in [-0.2, -0.15) is 0 Å². The molecule has 2 heterocycles. The molecule has 12 aromatic carbocycles. The smallest absolute Gasteiger partial charge is 0.159 e. The molecular formula is C73H47N3OS. The normalized spacial score (nSPS) is 12.7. The van der Waals surface area contributed by atoms with Crippen molar-refractivity contribution in [2.45, 2.75) is 5.41 Å². The zero-order valence-electron chi connectivity index (χ0n) is 42.3. The maximum atomic E-state index is 6.81. The molecule has 4 nitrogen and oxygen atoms in total. The number of fused-ring (bicyclic) bond motifs is 16. The van der Waals surface area contributed by atoms with Crippen molar-refractivity contribution in [3.63, 3.8) is 0 Å². The van der Waals surface area contributed by atoms with Crippen molar-refractivity contribution in [1.82, 2.24) is 0 Å². The number of anilines is 9. The molecule has 78 heavy (non-hydrogen) atoms. The van der Waals surface area contributed by atoms with E-state index in [1.54, 1.807) is 0 Å². The lowest BCUT2D eigenvalue weighted by molar-refractivity contribution is 0.669. The Morgan fingerprint density at radius 3 is 1.37 bits per heavy atom. The van der Waals surface area contributed by atoms with Gasteiger partial charge in [0.05, 0.1) is 16.8 Å². The van der Waals surface area contributed by atoms with E-state index in [2.05, 4.69) is 294 Å². The van der Waals surface area contributed by atoms with Gasteiger partial charge < -0.3 is 19.1 Å². The van der Waals surface area contributed by atoms with Gasteiger partial charge in [0.15, 0.2) is 5.58 Å². The third kappa shape index (κ3) is 6.59. The van der Waals surface area contributed by atoms with Crippen LogP contribution in [0.15, 0.2) is 290 Å². The minimum atomic E-state index is -0.420. The number of hydrogen-bond donors (Lipinski definition) is 0. The molecule has 0 amide bonds. The average Bonchev–Trinajstić information content (AvgIpc) is 4.44. The highest BCUT2D eigenvalue weighted by Gasteiger charge is 2.51. The summed E-state index contributed by atoms with van der Waals surface area (Å²) in [5.41, 5.74) is 21.3. The van der Waals surface area contributed by atoms with Crippen LogP contribution in [0.4, 0.5) is 51.2 Å². The summed E-state index contributed by atoms with van der Waals surface area (Å²) in [5.74, 6) is 0. The van der Waals surface area contributed by atoms with Crippen LogP contribution in [0.2, 0.25) is 0 Å². The quantitative estimate of drug-likeness (QED) is 0.144. The summed E-state index contributed by atoms with van der Waals surface area (Å²) in [5, 5.41) is 4.54. The van der Waals surface area contributed by atoms with Crippen LogP contribution >= 0.6 is 11.3 Å². The Kier molecular flexibility index (Phi) is 9.99. The van der Waals surface area contributed by atoms with Gasteiger partial charge in [-0.15, -0.1) is 11.3 Å². The molecule has 14 aromatic rings. The molecule has 0 N–H and O–H groups in total. The van der Waals surface area contributed by atoms with Crippen molar-refractivity contribution in [2.24, 2.45) is 0 Å². The molecule has 0 atom stereocenters. The molecule has 5 heteroatoms. The predicted octanol–water partition coefficient (Wildman–Crippen LogP) is 20.7. The SMILES string of the molecule is c1ccc(N(c2ccc3c(c2)-c2ccccc2C32c3ccccc3-c3ccccc32)c2ccc3sc4cc(N(c5ccccc5)c5cccc6c5oc5ccccc56)cc(N(c5ccccc5)c5ccccc5)c4c3c2)cc1. The molecule has 366 valence electrons. The van der Waals surface area contributed by atoms with Gasteiger partial charge in [-0.05, 0) is 148 Å². The first-order valence-electron chi connectivity index (χ1n) is 26.7. The van der Waals surface area contributed by atoms with Crippen LogP contribution < -0.4 is 14.7 Å². The molecule has 0 unspecified atom stereocenters. The van der Waals surface area contributed by atoms with Crippen LogP contribution in [0.3, 0.4) is 0 Å². The van der Waals surface area contributed by atoms with Crippen molar-refractivity contribution >= 4 is 105 Å². The number of rotatable bonds is 9. The van der Waals surface area contributed by atoms with Crippen LogP contribution in [-0.4, -0.2) is 0 Å². The molecule has 0 bridgehead atoms. The molecule has 0 radical (unpaired) electrons. The largest absolute Gasteiger partial charge is 0.454 e. The lowest BCUT2D eigenvalue weighted by atomic mass is 9.70. The molecule has 0 aliphatic heterocycles. The van der Waals surface area contributed by atoms with Crippen LogP contribution in [0, 0.1) is 0 Å². The summed E-state index contributed by atoms with van der Waals surface area (Å²) < 4.78 is 9.19. The molecule has 1 spiro atoms. The third-order valence-corrected chi connectivity index (χ3v) is 17.3. The van der Waals surface area contributed by atoms with E-state index < -0.39 is 5.41 Å². The van der Waals surface area contributed by atoms with Crippen LogP contribution in [0.5, 0.6) is 0 Å². The third-order valence-electron chi connectivity index (χ3n) is 16.2. The predicted molar refractivity (Wildman–Crippen MR) is 327 cm³/mol. The van der Waals surface area contributed by atoms with E-state index in [9.17, 15) is 0 Å². The average molecular weight is 1010 g/mol. The van der Waals surface area contributed by atoms with Gasteiger partial charge in [0.1, 0.15) is 5.58 Å². The topological polar surface area (TPSA) is 22.9 Å². The molecule has 0 saturated carbocycles. The molecule has 2 aromatic heterocycles. The molecule has 0 fully saturated rings.